The Morgan fingerprint density at radius 1 is 0.781 bits per heavy atom. The lowest BCUT2D eigenvalue weighted by Gasteiger charge is -2.17. The molecule has 4 rings (SSSR count). The molecule has 0 radical (unpaired) electrons. The number of aromatic nitrogens is 3. The lowest BCUT2D eigenvalue weighted by atomic mass is 10.1. The molecule has 1 heterocycles. The first-order valence-electron chi connectivity index (χ1n) is 11.4. The zero-order valence-corrected chi connectivity index (χ0v) is 18.3. The maximum absolute atomic E-state index is 5.92. The minimum atomic E-state index is 0.391. The molecule has 0 saturated heterocycles. The molecular formula is C24H32N8. The van der Waals surface area contributed by atoms with Crippen LogP contribution in [0, 0.1) is 0 Å². The molecule has 1 fully saturated rings. The highest BCUT2D eigenvalue weighted by Crippen LogP contribution is 2.22. The van der Waals surface area contributed by atoms with Crippen LogP contribution in [0.25, 0.3) is 0 Å². The monoisotopic (exact) mass is 432 g/mol. The van der Waals surface area contributed by atoms with E-state index in [1.165, 1.54) is 31.2 Å². The minimum absolute atomic E-state index is 0.391. The van der Waals surface area contributed by atoms with E-state index in [1.54, 1.807) is 0 Å². The number of anilines is 6. The summed E-state index contributed by atoms with van der Waals surface area (Å²) in [5, 5.41) is 10.1. The summed E-state index contributed by atoms with van der Waals surface area (Å²) < 4.78 is 0. The molecule has 168 valence electrons. The van der Waals surface area contributed by atoms with Gasteiger partial charge in [-0.25, -0.2) is 0 Å². The van der Waals surface area contributed by atoms with Gasteiger partial charge in [0.2, 0.25) is 17.8 Å². The van der Waals surface area contributed by atoms with Gasteiger partial charge in [-0.2, -0.15) is 15.0 Å². The van der Waals surface area contributed by atoms with Crippen LogP contribution < -0.4 is 27.4 Å². The van der Waals surface area contributed by atoms with E-state index >= 15 is 0 Å². The van der Waals surface area contributed by atoms with Crippen molar-refractivity contribution in [1.82, 2.24) is 15.0 Å². The van der Waals surface area contributed by atoms with Crippen LogP contribution in [0.4, 0.5) is 34.9 Å². The first-order chi connectivity index (χ1) is 15.6. The highest BCUT2D eigenvalue weighted by atomic mass is 15.3. The van der Waals surface area contributed by atoms with Crippen LogP contribution in [0.1, 0.15) is 44.1 Å². The van der Waals surface area contributed by atoms with Gasteiger partial charge in [0.25, 0.3) is 0 Å². The Morgan fingerprint density at radius 3 is 2.25 bits per heavy atom. The van der Waals surface area contributed by atoms with Gasteiger partial charge in [0.15, 0.2) is 0 Å². The van der Waals surface area contributed by atoms with Gasteiger partial charge in [0.1, 0.15) is 0 Å². The fourth-order valence-corrected chi connectivity index (χ4v) is 3.93. The number of benzene rings is 2. The fraction of sp³-hybridized carbons (Fsp3) is 0.375. The van der Waals surface area contributed by atoms with E-state index < -0.39 is 0 Å². The zero-order chi connectivity index (χ0) is 22.2. The highest BCUT2D eigenvalue weighted by Gasteiger charge is 2.15. The first kappa shape index (κ1) is 21.7. The summed E-state index contributed by atoms with van der Waals surface area (Å²) in [5.41, 5.74) is 15.2. The van der Waals surface area contributed by atoms with Crippen LogP contribution in [-0.4, -0.2) is 27.5 Å². The van der Waals surface area contributed by atoms with Crippen LogP contribution in [0.5, 0.6) is 0 Å². The van der Waals surface area contributed by atoms with Crippen LogP contribution in [0.3, 0.4) is 0 Å². The number of nitrogens with one attached hydrogen (secondary N) is 3. The van der Waals surface area contributed by atoms with Gasteiger partial charge in [-0.05, 0) is 55.2 Å². The van der Waals surface area contributed by atoms with Gasteiger partial charge in [-0.15, -0.1) is 0 Å². The van der Waals surface area contributed by atoms with E-state index in [9.17, 15) is 0 Å². The van der Waals surface area contributed by atoms with Crippen molar-refractivity contribution in [1.29, 1.82) is 0 Å². The van der Waals surface area contributed by atoms with Crippen molar-refractivity contribution in [2.24, 2.45) is 0 Å². The second-order valence-electron chi connectivity index (χ2n) is 8.31. The first-order valence-corrected chi connectivity index (χ1v) is 11.4. The van der Waals surface area contributed by atoms with E-state index in [4.69, 9.17) is 11.5 Å². The number of hydrogen-bond acceptors (Lipinski definition) is 8. The molecule has 3 aromatic rings. The maximum Gasteiger partial charge on any atom is 0.233 e. The zero-order valence-electron chi connectivity index (χ0n) is 18.3. The van der Waals surface area contributed by atoms with Crippen molar-refractivity contribution in [2.75, 3.05) is 34.0 Å². The molecule has 0 atom stereocenters. The third kappa shape index (κ3) is 6.47. The van der Waals surface area contributed by atoms with Gasteiger partial charge in [0, 0.05) is 29.6 Å². The topological polar surface area (TPSA) is 127 Å². The predicted octanol–water partition coefficient (Wildman–Crippen LogP) is 4.57. The molecule has 1 aliphatic carbocycles. The average Bonchev–Trinajstić information content (AvgIpc) is 3.04. The van der Waals surface area contributed by atoms with Gasteiger partial charge in [-0.1, -0.05) is 43.9 Å². The second-order valence-corrected chi connectivity index (χ2v) is 8.31. The molecule has 2 aromatic carbocycles. The molecule has 0 unspecified atom stereocenters. The largest absolute Gasteiger partial charge is 0.399 e. The van der Waals surface area contributed by atoms with E-state index in [0.29, 0.717) is 36.1 Å². The smallest absolute Gasteiger partial charge is 0.233 e. The Kier molecular flexibility index (Phi) is 7.22. The van der Waals surface area contributed by atoms with Gasteiger partial charge in [-0.3, -0.25) is 0 Å². The SMILES string of the molecule is Nc1ccc(CCNc2nc(Nc3cccc(N)c3)nc(NC3CCCCCC3)n2)cc1. The molecule has 32 heavy (non-hydrogen) atoms. The summed E-state index contributed by atoms with van der Waals surface area (Å²) >= 11 is 0. The normalized spacial score (nSPS) is 14.5. The second kappa shape index (κ2) is 10.7. The molecule has 8 heteroatoms. The van der Waals surface area contributed by atoms with Crippen molar-refractivity contribution in [3.63, 3.8) is 0 Å². The molecular weight excluding hydrogens is 400 g/mol. The van der Waals surface area contributed by atoms with Crippen molar-refractivity contribution in [3.8, 4) is 0 Å². The Hall–Kier alpha value is -3.55. The van der Waals surface area contributed by atoms with Crippen LogP contribution >= 0.6 is 0 Å². The lowest BCUT2D eigenvalue weighted by molar-refractivity contribution is 0.614. The molecule has 1 aromatic heterocycles. The quantitative estimate of drug-likeness (QED) is 0.259. The van der Waals surface area contributed by atoms with Crippen LogP contribution in [0.15, 0.2) is 48.5 Å². The van der Waals surface area contributed by atoms with Gasteiger partial charge < -0.3 is 27.4 Å². The highest BCUT2D eigenvalue weighted by molar-refractivity contribution is 5.60. The summed E-state index contributed by atoms with van der Waals surface area (Å²) in [7, 11) is 0. The summed E-state index contributed by atoms with van der Waals surface area (Å²) in [5.74, 6) is 1.61. The number of nitrogens with zero attached hydrogens (tertiary/aromatic N) is 3. The molecule has 7 N–H and O–H groups in total. The Balaban J connectivity index is 1.48. The third-order valence-electron chi connectivity index (χ3n) is 5.64. The van der Waals surface area contributed by atoms with E-state index in [1.807, 2.05) is 48.5 Å². The molecule has 0 amide bonds. The minimum Gasteiger partial charge on any atom is -0.399 e. The molecule has 0 bridgehead atoms. The van der Waals surface area contributed by atoms with E-state index in [0.717, 1.165) is 30.6 Å². The van der Waals surface area contributed by atoms with Crippen molar-refractivity contribution in [2.45, 2.75) is 51.0 Å². The summed E-state index contributed by atoms with van der Waals surface area (Å²) in [6, 6.07) is 15.8. The number of nitrogens with two attached hydrogens (primary N) is 2. The third-order valence-corrected chi connectivity index (χ3v) is 5.64. The standard InChI is InChI=1S/C24H32N8/c25-18-12-10-17(11-13-18)14-15-27-22-30-23(28-20-7-3-1-2-4-8-20)32-24(31-22)29-21-9-5-6-19(26)16-21/h5-6,9-13,16,20H,1-4,7-8,14-15,25-26H2,(H3,27,28,29,30,31,32). The number of hydrogen-bond donors (Lipinski definition) is 5. The van der Waals surface area contributed by atoms with E-state index in [2.05, 4.69) is 30.9 Å². The van der Waals surface area contributed by atoms with Crippen molar-refractivity contribution >= 4 is 34.9 Å². The molecule has 1 aliphatic rings. The Bertz CT molecular complexity index is 997. The summed E-state index contributed by atoms with van der Waals surface area (Å²) in [4.78, 5) is 13.8. The Morgan fingerprint density at radius 2 is 1.50 bits per heavy atom. The van der Waals surface area contributed by atoms with Crippen LogP contribution in [0.2, 0.25) is 0 Å². The van der Waals surface area contributed by atoms with Crippen molar-refractivity contribution < 1.29 is 0 Å². The summed E-state index contributed by atoms with van der Waals surface area (Å²) in [6.45, 7) is 0.703. The number of rotatable bonds is 8. The fourth-order valence-electron chi connectivity index (χ4n) is 3.93. The Labute approximate surface area is 189 Å². The lowest BCUT2D eigenvalue weighted by Crippen LogP contribution is -2.21. The van der Waals surface area contributed by atoms with Gasteiger partial charge in [0.05, 0.1) is 0 Å². The molecule has 0 spiro atoms. The number of nitrogen functional groups attached to an aromatic ring is 2. The molecule has 1 saturated carbocycles. The van der Waals surface area contributed by atoms with Gasteiger partial charge >= 0.3 is 0 Å². The van der Waals surface area contributed by atoms with Crippen molar-refractivity contribution in [3.05, 3.63) is 54.1 Å². The van der Waals surface area contributed by atoms with Crippen LogP contribution in [-0.2, 0) is 6.42 Å². The maximum atomic E-state index is 5.92. The molecule has 0 aliphatic heterocycles. The average molecular weight is 433 g/mol. The summed E-state index contributed by atoms with van der Waals surface area (Å²) in [6.07, 6.45) is 8.21. The van der Waals surface area contributed by atoms with E-state index in [-0.39, 0.29) is 0 Å². The molecule has 8 nitrogen and oxygen atoms in total. The predicted molar refractivity (Wildman–Crippen MR) is 132 cm³/mol.